The summed E-state index contributed by atoms with van der Waals surface area (Å²) in [5.41, 5.74) is 0.122. The first-order valence-electron chi connectivity index (χ1n) is 8.13. The van der Waals surface area contributed by atoms with Crippen LogP contribution >= 0.6 is 0 Å². The Morgan fingerprint density at radius 2 is 2.12 bits per heavy atom. The molecule has 2 aromatic heterocycles. The van der Waals surface area contributed by atoms with E-state index in [0.29, 0.717) is 24.2 Å². The van der Waals surface area contributed by atoms with Crippen molar-refractivity contribution in [3.8, 4) is 0 Å². The van der Waals surface area contributed by atoms with E-state index in [0.717, 1.165) is 18.2 Å². The summed E-state index contributed by atoms with van der Waals surface area (Å²) in [5, 5.41) is 5.66. The van der Waals surface area contributed by atoms with Gasteiger partial charge in [-0.15, -0.1) is 0 Å². The first kappa shape index (κ1) is 14.7. The molecule has 24 heavy (non-hydrogen) atoms. The molecule has 1 N–H and O–H groups in total. The molecule has 0 aliphatic carbocycles. The van der Waals surface area contributed by atoms with Crippen LogP contribution in [0, 0.1) is 0 Å². The molecule has 1 aliphatic rings. The number of nitrogens with zero attached hydrogens (tertiary/aromatic N) is 3. The van der Waals surface area contributed by atoms with Crippen molar-refractivity contribution in [1.82, 2.24) is 19.7 Å². The standard InChI is InChI=1S/C18H18N4O2/c23-17-15-7-2-1-5-13(15)11-16(20-17)18(24)21-9-3-6-14(12-21)22-10-4-8-19-22/h1-2,4-5,7-8,10-11,14H,3,6,9,12H2,(H,20,23)/t14-/m1/s1. The van der Waals surface area contributed by atoms with E-state index in [2.05, 4.69) is 10.1 Å². The lowest BCUT2D eigenvalue weighted by atomic mass is 10.0. The van der Waals surface area contributed by atoms with E-state index < -0.39 is 0 Å². The van der Waals surface area contributed by atoms with Gasteiger partial charge in [-0.1, -0.05) is 18.2 Å². The molecule has 0 spiro atoms. The van der Waals surface area contributed by atoms with Crippen molar-refractivity contribution in [1.29, 1.82) is 0 Å². The molecule has 122 valence electrons. The second kappa shape index (κ2) is 5.96. The second-order valence-electron chi connectivity index (χ2n) is 6.13. The Bertz CT molecular complexity index is 930. The Morgan fingerprint density at radius 1 is 1.25 bits per heavy atom. The van der Waals surface area contributed by atoms with Crippen molar-refractivity contribution in [2.45, 2.75) is 18.9 Å². The molecule has 6 nitrogen and oxygen atoms in total. The number of fused-ring (bicyclic) bond motifs is 1. The summed E-state index contributed by atoms with van der Waals surface area (Å²) in [6, 6.07) is 11.1. The maximum Gasteiger partial charge on any atom is 0.270 e. The Morgan fingerprint density at radius 3 is 2.96 bits per heavy atom. The minimum absolute atomic E-state index is 0.130. The molecule has 0 radical (unpaired) electrons. The monoisotopic (exact) mass is 322 g/mol. The number of hydrogen-bond donors (Lipinski definition) is 1. The number of nitrogens with one attached hydrogen (secondary N) is 1. The maximum atomic E-state index is 12.8. The molecule has 1 aliphatic heterocycles. The van der Waals surface area contributed by atoms with Gasteiger partial charge >= 0.3 is 0 Å². The van der Waals surface area contributed by atoms with Gasteiger partial charge in [-0.05, 0) is 36.4 Å². The van der Waals surface area contributed by atoms with Crippen LogP contribution in [0.1, 0.15) is 29.4 Å². The zero-order chi connectivity index (χ0) is 16.5. The number of aromatic amines is 1. The quantitative estimate of drug-likeness (QED) is 0.786. The number of pyridine rings is 1. The van der Waals surface area contributed by atoms with Gasteiger partial charge in [-0.3, -0.25) is 14.3 Å². The first-order chi connectivity index (χ1) is 11.7. The van der Waals surface area contributed by atoms with E-state index >= 15 is 0 Å². The number of likely N-dealkylation sites (tertiary alicyclic amines) is 1. The Hall–Kier alpha value is -2.89. The van der Waals surface area contributed by atoms with Gasteiger partial charge < -0.3 is 9.88 Å². The highest BCUT2D eigenvalue weighted by molar-refractivity contribution is 5.96. The molecule has 1 amide bonds. The zero-order valence-corrected chi connectivity index (χ0v) is 13.2. The number of piperidine rings is 1. The number of hydrogen-bond acceptors (Lipinski definition) is 3. The molecule has 0 bridgehead atoms. The number of carbonyl (C=O) groups is 1. The molecule has 3 heterocycles. The number of rotatable bonds is 2. The average Bonchev–Trinajstić information content (AvgIpc) is 3.16. The van der Waals surface area contributed by atoms with Crippen molar-refractivity contribution < 1.29 is 4.79 Å². The lowest BCUT2D eigenvalue weighted by Crippen LogP contribution is -2.41. The summed E-state index contributed by atoms with van der Waals surface area (Å²) in [5.74, 6) is -0.130. The van der Waals surface area contributed by atoms with Gasteiger partial charge in [0.2, 0.25) is 0 Å². The fraction of sp³-hybridized carbons (Fsp3) is 0.278. The predicted octanol–water partition coefficient (Wildman–Crippen LogP) is 2.20. The first-order valence-corrected chi connectivity index (χ1v) is 8.13. The molecule has 1 saturated heterocycles. The van der Waals surface area contributed by atoms with E-state index in [-0.39, 0.29) is 17.5 Å². The Kier molecular flexibility index (Phi) is 3.65. The van der Waals surface area contributed by atoms with Crippen LogP contribution in [0.2, 0.25) is 0 Å². The van der Waals surface area contributed by atoms with Crippen molar-refractivity contribution >= 4 is 16.7 Å². The van der Waals surface area contributed by atoms with E-state index in [1.807, 2.05) is 35.1 Å². The van der Waals surface area contributed by atoms with Gasteiger partial charge in [-0.25, -0.2) is 0 Å². The van der Waals surface area contributed by atoms with Crippen LogP contribution in [0.25, 0.3) is 10.8 Å². The minimum atomic E-state index is -0.225. The van der Waals surface area contributed by atoms with Crippen LogP contribution in [0.4, 0.5) is 0 Å². The fourth-order valence-corrected chi connectivity index (χ4v) is 3.35. The minimum Gasteiger partial charge on any atom is -0.335 e. The summed E-state index contributed by atoms with van der Waals surface area (Å²) < 4.78 is 1.91. The predicted molar refractivity (Wildman–Crippen MR) is 91.0 cm³/mol. The van der Waals surface area contributed by atoms with Gasteiger partial charge in [-0.2, -0.15) is 5.10 Å². The van der Waals surface area contributed by atoms with Crippen LogP contribution in [0.3, 0.4) is 0 Å². The summed E-state index contributed by atoms with van der Waals surface area (Å²) >= 11 is 0. The van der Waals surface area contributed by atoms with Gasteiger partial charge in [0.05, 0.1) is 6.04 Å². The third kappa shape index (κ3) is 2.60. The lowest BCUT2D eigenvalue weighted by Gasteiger charge is -2.32. The van der Waals surface area contributed by atoms with Gasteiger partial charge in [0.15, 0.2) is 0 Å². The third-order valence-corrected chi connectivity index (χ3v) is 4.57. The average molecular weight is 322 g/mol. The summed E-state index contributed by atoms with van der Waals surface area (Å²) in [7, 11) is 0. The Balaban J connectivity index is 1.62. The van der Waals surface area contributed by atoms with Crippen LogP contribution < -0.4 is 5.56 Å². The molecule has 3 aromatic rings. The van der Waals surface area contributed by atoms with Gasteiger partial charge in [0, 0.05) is 30.9 Å². The van der Waals surface area contributed by atoms with Gasteiger partial charge in [0.25, 0.3) is 11.5 Å². The molecule has 1 fully saturated rings. The van der Waals surface area contributed by atoms with Crippen molar-refractivity contribution in [3.63, 3.8) is 0 Å². The van der Waals surface area contributed by atoms with E-state index in [4.69, 9.17) is 0 Å². The topological polar surface area (TPSA) is 71.0 Å². The number of aromatic nitrogens is 3. The van der Waals surface area contributed by atoms with Gasteiger partial charge in [0.1, 0.15) is 5.69 Å². The Labute approximate surface area is 138 Å². The summed E-state index contributed by atoms with van der Waals surface area (Å²) in [6.07, 6.45) is 5.60. The van der Waals surface area contributed by atoms with Crippen LogP contribution in [0.15, 0.2) is 53.6 Å². The highest BCUT2D eigenvalue weighted by Crippen LogP contribution is 2.22. The number of benzene rings is 1. The lowest BCUT2D eigenvalue weighted by molar-refractivity contribution is 0.0667. The van der Waals surface area contributed by atoms with E-state index in [1.54, 1.807) is 23.2 Å². The molecular formula is C18H18N4O2. The summed E-state index contributed by atoms with van der Waals surface area (Å²) in [6.45, 7) is 1.31. The van der Waals surface area contributed by atoms with Crippen molar-refractivity contribution in [2.24, 2.45) is 0 Å². The smallest absolute Gasteiger partial charge is 0.270 e. The molecular weight excluding hydrogens is 304 g/mol. The molecule has 1 atom stereocenters. The van der Waals surface area contributed by atoms with Crippen LogP contribution in [-0.2, 0) is 0 Å². The van der Waals surface area contributed by atoms with E-state index in [1.165, 1.54) is 0 Å². The number of carbonyl (C=O) groups excluding carboxylic acids is 1. The molecule has 1 aromatic carbocycles. The summed E-state index contributed by atoms with van der Waals surface area (Å²) in [4.78, 5) is 29.6. The zero-order valence-electron chi connectivity index (χ0n) is 13.2. The number of H-pyrrole nitrogens is 1. The van der Waals surface area contributed by atoms with Crippen LogP contribution in [-0.4, -0.2) is 38.7 Å². The number of amides is 1. The second-order valence-corrected chi connectivity index (χ2v) is 6.13. The highest BCUT2D eigenvalue weighted by atomic mass is 16.2. The molecule has 4 rings (SSSR count). The largest absolute Gasteiger partial charge is 0.335 e. The SMILES string of the molecule is O=C(c1cc2ccccc2c(=O)[nH]1)N1CCC[C@@H](n2cccn2)C1. The highest BCUT2D eigenvalue weighted by Gasteiger charge is 2.26. The normalized spacial score (nSPS) is 18.0. The molecule has 0 unspecified atom stereocenters. The van der Waals surface area contributed by atoms with Crippen LogP contribution in [0.5, 0.6) is 0 Å². The fourth-order valence-electron chi connectivity index (χ4n) is 3.35. The molecule has 0 saturated carbocycles. The molecule has 6 heteroatoms. The van der Waals surface area contributed by atoms with Crippen molar-refractivity contribution in [2.75, 3.05) is 13.1 Å². The maximum absolute atomic E-state index is 12.8. The third-order valence-electron chi connectivity index (χ3n) is 4.57. The van der Waals surface area contributed by atoms with E-state index in [9.17, 15) is 9.59 Å². The van der Waals surface area contributed by atoms with Crippen molar-refractivity contribution in [3.05, 3.63) is 64.8 Å².